The number of aromatic nitrogens is 2. The van der Waals surface area contributed by atoms with Crippen molar-refractivity contribution in [2.75, 3.05) is 6.54 Å². The Labute approximate surface area is 159 Å². The fourth-order valence-electron chi connectivity index (χ4n) is 3.86. The van der Waals surface area contributed by atoms with Crippen LogP contribution in [0.5, 0.6) is 5.75 Å². The van der Waals surface area contributed by atoms with Crippen molar-refractivity contribution in [2.24, 2.45) is 0 Å². The molecule has 27 heavy (non-hydrogen) atoms. The van der Waals surface area contributed by atoms with Gasteiger partial charge in [-0.25, -0.2) is 0 Å². The van der Waals surface area contributed by atoms with E-state index in [0.717, 1.165) is 43.1 Å². The minimum atomic E-state index is 0.344. The lowest BCUT2D eigenvalue weighted by molar-refractivity contribution is 0.119. The van der Waals surface area contributed by atoms with Crippen molar-refractivity contribution in [3.8, 4) is 17.1 Å². The van der Waals surface area contributed by atoms with Crippen LogP contribution in [-0.2, 0) is 13.0 Å². The zero-order valence-corrected chi connectivity index (χ0v) is 15.4. The average Bonchev–Trinajstić information content (AvgIpc) is 3.17. The van der Waals surface area contributed by atoms with Gasteiger partial charge in [-0.3, -0.25) is 9.88 Å². The largest absolute Gasteiger partial charge is 0.508 e. The van der Waals surface area contributed by atoms with Gasteiger partial charge in [0.1, 0.15) is 11.4 Å². The highest BCUT2D eigenvalue weighted by atomic mass is 16.5. The zero-order valence-electron chi connectivity index (χ0n) is 15.4. The van der Waals surface area contributed by atoms with Gasteiger partial charge in [0.15, 0.2) is 5.76 Å². The molecule has 0 spiro atoms. The summed E-state index contributed by atoms with van der Waals surface area (Å²) in [7, 11) is 0. The quantitative estimate of drug-likeness (QED) is 0.702. The van der Waals surface area contributed by atoms with Crippen LogP contribution in [0.4, 0.5) is 0 Å². The summed E-state index contributed by atoms with van der Waals surface area (Å²) in [5, 5.41) is 13.8. The van der Waals surface area contributed by atoms with E-state index in [4.69, 9.17) is 4.52 Å². The molecule has 4 rings (SSSR count). The van der Waals surface area contributed by atoms with Crippen LogP contribution >= 0.6 is 0 Å². The summed E-state index contributed by atoms with van der Waals surface area (Å²) >= 11 is 0. The monoisotopic (exact) mass is 363 g/mol. The summed E-state index contributed by atoms with van der Waals surface area (Å²) in [5.74, 6) is 1.23. The highest BCUT2D eigenvalue weighted by Crippen LogP contribution is 2.25. The molecule has 0 saturated carbocycles. The van der Waals surface area contributed by atoms with Gasteiger partial charge in [0.25, 0.3) is 0 Å². The second-order valence-electron chi connectivity index (χ2n) is 7.22. The SMILES string of the molecule is Oc1cccc(CCC2CCCCN2Cc2cc(-c3ccccn3)no2)c1. The third-order valence-corrected chi connectivity index (χ3v) is 5.27. The third kappa shape index (κ3) is 4.55. The number of aromatic hydroxyl groups is 1. The number of aryl methyl sites for hydroxylation is 1. The Morgan fingerprint density at radius 2 is 2.04 bits per heavy atom. The molecule has 1 unspecified atom stereocenters. The summed E-state index contributed by atoms with van der Waals surface area (Å²) in [5.41, 5.74) is 2.82. The summed E-state index contributed by atoms with van der Waals surface area (Å²) in [6.45, 7) is 1.87. The predicted molar refractivity (Wildman–Crippen MR) is 104 cm³/mol. The van der Waals surface area contributed by atoms with Gasteiger partial charge in [-0.05, 0) is 62.1 Å². The Balaban J connectivity index is 1.40. The number of nitrogens with zero attached hydrogens (tertiary/aromatic N) is 3. The molecule has 5 heteroatoms. The lowest BCUT2D eigenvalue weighted by Crippen LogP contribution is -2.39. The van der Waals surface area contributed by atoms with E-state index < -0.39 is 0 Å². The Kier molecular flexibility index (Phi) is 5.49. The van der Waals surface area contributed by atoms with Gasteiger partial charge in [0.05, 0.1) is 12.2 Å². The maximum Gasteiger partial charge on any atom is 0.151 e. The molecule has 3 heterocycles. The van der Waals surface area contributed by atoms with Crippen molar-refractivity contribution in [3.63, 3.8) is 0 Å². The first-order chi connectivity index (χ1) is 13.3. The van der Waals surface area contributed by atoms with Gasteiger partial charge in [-0.2, -0.15) is 0 Å². The first kappa shape index (κ1) is 17.7. The van der Waals surface area contributed by atoms with Crippen LogP contribution in [0.1, 0.15) is 37.0 Å². The molecule has 3 aromatic rings. The molecule has 0 bridgehead atoms. The number of benzene rings is 1. The van der Waals surface area contributed by atoms with E-state index in [0.29, 0.717) is 11.8 Å². The Morgan fingerprint density at radius 3 is 2.89 bits per heavy atom. The maximum atomic E-state index is 9.66. The van der Waals surface area contributed by atoms with Crippen molar-refractivity contribution in [1.29, 1.82) is 0 Å². The van der Waals surface area contributed by atoms with Gasteiger partial charge in [-0.15, -0.1) is 0 Å². The van der Waals surface area contributed by atoms with E-state index in [9.17, 15) is 5.11 Å². The van der Waals surface area contributed by atoms with Crippen molar-refractivity contribution >= 4 is 0 Å². The van der Waals surface area contributed by atoms with Crippen LogP contribution in [0, 0.1) is 0 Å². The van der Waals surface area contributed by atoms with Crippen LogP contribution in [0.2, 0.25) is 0 Å². The maximum absolute atomic E-state index is 9.66. The number of rotatable bonds is 6. The van der Waals surface area contributed by atoms with E-state index >= 15 is 0 Å². The number of hydrogen-bond donors (Lipinski definition) is 1. The van der Waals surface area contributed by atoms with Crippen molar-refractivity contribution in [2.45, 2.75) is 44.7 Å². The number of phenols is 1. The fourth-order valence-corrected chi connectivity index (χ4v) is 3.86. The summed E-state index contributed by atoms with van der Waals surface area (Å²) in [4.78, 5) is 6.85. The van der Waals surface area contributed by atoms with Crippen LogP contribution in [0.25, 0.3) is 11.4 Å². The summed E-state index contributed by atoms with van der Waals surface area (Å²) < 4.78 is 5.58. The van der Waals surface area contributed by atoms with Gasteiger partial charge in [0, 0.05) is 18.3 Å². The molecule has 1 aromatic carbocycles. The van der Waals surface area contributed by atoms with Gasteiger partial charge in [0.2, 0.25) is 0 Å². The van der Waals surface area contributed by atoms with Crippen LogP contribution in [0.15, 0.2) is 59.3 Å². The molecule has 140 valence electrons. The molecule has 1 atom stereocenters. The molecule has 0 amide bonds. The lowest BCUT2D eigenvalue weighted by atomic mass is 9.95. The first-order valence-electron chi connectivity index (χ1n) is 9.67. The average molecular weight is 363 g/mol. The topological polar surface area (TPSA) is 62.4 Å². The molecule has 1 saturated heterocycles. The second-order valence-corrected chi connectivity index (χ2v) is 7.22. The smallest absolute Gasteiger partial charge is 0.151 e. The van der Waals surface area contributed by atoms with E-state index in [1.807, 2.05) is 36.4 Å². The highest BCUT2D eigenvalue weighted by molar-refractivity contribution is 5.52. The predicted octanol–water partition coefficient (Wildman–Crippen LogP) is 4.43. The van der Waals surface area contributed by atoms with Crippen LogP contribution < -0.4 is 0 Å². The number of piperidine rings is 1. The fraction of sp³-hybridized carbons (Fsp3) is 0.364. The number of phenolic OH excluding ortho intramolecular Hbond substituents is 1. The van der Waals surface area contributed by atoms with Crippen molar-refractivity contribution in [1.82, 2.24) is 15.0 Å². The van der Waals surface area contributed by atoms with Crippen LogP contribution in [0.3, 0.4) is 0 Å². The van der Waals surface area contributed by atoms with Crippen molar-refractivity contribution in [3.05, 3.63) is 66.1 Å². The molecule has 2 aromatic heterocycles. The normalized spacial score (nSPS) is 17.9. The number of hydrogen-bond acceptors (Lipinski definition) is 5. The van der Waals surface area contributed by atoms with E-state index in [-0.39, 0.29) is 0 Å². The third-order valence-electron chi connectivity index (χ3n) is 5.27. The molecule has 1 aliphatic heterocycles. The van der Waals surface area contributed by atoms with E-state index in [1.54, 1.807) is 12.3 Å². The van der Waals surface area contributed by atoms with Crippen LogP contribution in [-0.4, -0.2) is 32.7 Å². The lowest BCUT2D eigenvalue weighted by Gasteiger charge is -2.35. The molecule has 1 fully saturated rings. The molecule has 1 N–H and O–H groups in total. The van der Waals surface area contributed by atoms with Gasteiger partial charge < -0.3 is 9.63 Å². The molecule has 5 nitrogen and oxygen atoms in total. The van der Waals surface area contributed by atoms with E-state index in [1.165, 1.54) is 24.8 Å². The Morgan fingerprint density at radius 1 is 1.07 bits per heavy atom. The van der Waals surface area contributed by atoms with E-state index in [2.05, 4.69) is 21.1 Å². The molecule has 0 aliphatic carbocycles. The summed E-state index contributed by atoms with van der Waals surface area (Å²) in [6.07, 6.45) is 7.54. The molecular weight excluding hydrogens is 338 g/mol. The van der Waals surface area contributed by atoms with Gasteiger partial charge >= 0.3 is 0 Å². The number of pyridine rings is 1. The highest BCUT2D eigenvalue weighted by Gasteiger charge is 2.23. The Hall–Kier alpha value is -2.66. The Bertz CT molecular complexity index is 863. The van der Waals surface area contributed by atoms with Crippen molar-refractivity contribution < 1.29 is 9.63 Å². The van der Waals surface area contributed by atoms with Gasteiger partial charge in [-0.1, -0.05) is 29.8 Å². The zero-order chi connectivity index (χ0) is 18.5. The first-order valence-corrected chi connectivity index (χ1v) is 9.67. The molecule has 0 radical (unpaired) electrons. The minimum absolute atomic E-state index is 0.344. The number of likely N-dealkylation sites (tertiary alicyclic amines) is 1. The summed E-state index contributed by atoms with van der Waals surface area (Å²) in [6, 6.07) is 15.9. The molecule has 1 aliphatic rings. The standard InChI is InChI=1S/C22H25N3O2/c26-19-8-5-6-17(14-19)10-11-18-7-2-4-13-25(18)16-20-15-22(24-27-20)21-9-1-3-12-23-21/h1,3,5-6,8-9,12,14-15,18,26H,2,4,7,10-11,13,16H2. The minimum Gasteiger partial charge on any atom is -0.508 e. The second kappa shape index (κ2) is 8.35. The molecular formula is C22H25N3O2.